The van der Waals surface area contributed by atoms with Gasteiger partial charge in [0.1, 0.15) is 0 Å². The standard InChI is InChI=1S/C20H22BClF2O2/c1-18(2)19(3,4)26-21(25-18)16-10-8-15(9-11-16)20(23,24)13-14-6-5-7-17(22)12-14/h5-12H,13H2,1-4H3. The molecule has 0 atom stereocenters. The average Bonchev–Trinajstić information content (AvgIpc) is 2.75. The fourth-order valence-electron chi connectivity index (χ4n) is 2.87. The van der Waals surface area contributed by atoms with Crippen molar-refractivity contribution in [1.82, 2.24) is 0 Å². The van der Waals surface area contributed by atoms with E-state index in [2.05, 4.69) is 0 Å². The molecule has 1 fully saturated rings. The zero-order valence-electron chi connectivity index (χ0n) is 15.4. The molecule has 0 N–H and O–H groups in total. The SMILES string of the molecule is CC1(C)OB(c2ccc(C(F)(F)Cc3cccc(Cl)c3)cc2)OC1(C)C. The molecule has 6 heteroatoms. The van der Waals surface area contributed by atoms with Gasteiger partial charge >= 0.3 is 7.12 Å². The molecule has 2 aromatic carbocycles. The molecule has 0 amide bonds. The second-order valence-corrected chi connectivity index (χ2v) is 8.16. The van der Waals surface area contributed by atoms with Crippen molar-refractivity contribution in [2.75, 3.05) is 0 Å². The van der Waals surface area contributed by atoms with Crippen molar-refractivity contribution in [3.8, 4) is 0 Å². The lowest BCUT2D eigenvalue weighted by Crippen LogP contribution is -2.41. The van der Waals surface area contributed by atoms with Gasteiger partial charge in [0, 0.05) is 17.0 Å². The molecule has 3 rings (SSSR count). The van der Waals surface area contributed by atoms with Gasteiger partial charge in [-0.15, -0.1) is 0 Å². The first-order valence-corrected chi connectivity index (χ1v) is 8.96. The van der Waals surface area contributed by atoms with Crippen LogP contribution in [0.25, 0.3) is 0 Å². The van der Waals surface area contributed by atoms with Crippen molar-refractivity contribution in [3.05, 3.63) is 64.7 Å². The third kappa shape index (κ3) is 3.80. The molecule has 0 spiro atoms. The Balaban J connectivity index is 1.77. The zero-order valence-corrected chi connectivity index (χ0v) is 16.1. The molecule has 1 aliphatic rings. The summed E-state index contributed by atoms with van der Waals surface area (Å²) < 4.78 is 41.2. The molecule has 2 aromatic rings. The molecule has 0 radical (unpaired) electrons. The molecule has 0 bridgehead atoms. The second-order valence-electron chi connectivity index (χ2n) is 7.72. The van der Waals surface area contributed by atoms with E-state index in [1.807, 2.05) is 27.7 Å². The summed E-state index contributed by atoms with van der Waals surface area (Å²) in [6.45, 7) is 7.84. The van der Waals surface area contributed by atoms with E-state index in [-0.39, 0.29) is 5.56 Å². The molecular formula is C20H22BClF2O2. The topological polar surface area (TPSA) is 18.5 Å². The summed E-state index contributed by atoms with van der Waals surface area (Å²) in [7, 11) is -0.560. The summed E-state index contributed by atoms with van der Waals surface area (Å²) in [5.74, 6) is -2.99. The number of hydrogen-bond donors (Lipinski definition) is 0. The van der Waals surface area contributed by atoms with Gasteiger partial charge in [0.25, 0.3) is 5.92 Å². The van der Waals surface area contributed by atoms with E-state index in [4.69, 9.17) is 20.9 Å². The maximum atomic E-state index is 14.6. The summed E-state index contributed by atoms with van der Waals surface area (Å²) in [5.41, 5.74) is 0.251. The number of rotatable bonds is 4. The maximum Gasteiger partial charge on any atom is 0.494 e. The van der Waals surface area contributed by atoms with Crippen LogP contribution in [0.4, 0.5) is 8.78 Å². The Morgan fingerprint density at radius 2 is 1.54 bits per heavy atom. The molecule has 0 unspecified atom stereocenters. The summed E-state index contributed by atoms with van der Waals surface area (Å²) >= 11 is 5.89. The highest BCUT2D eigenvalue weighted by atomic mass is 35.5. The minimum atomic E-state index is -2.99. The van der Waals surface area contributed by atoms with Gasteiger partial charge in [-0.05, 0) is 50.9 Å². The predicted octanol–water partition coefficient (Wildman–Crippen LogP) is 4.97. The highest BCUT2D eigenvalue weighted by molar-refractivity contribution is 6.62. The Kier molecular flexibility index (Phi) is 4.93. The van der Waals surface area contributed by atoms with Gasteiger partial charge in [-0.2, -0.15) is 0 Å². The van der Waals surface area contributed by atoms with Gasteiger partial charge in [-0.1, -0.05) is 48.0 Å². The Morgan fingerprint density at radius 1 is 0.962 bits per heavy atom. The first kappa shape index (κ1) is 19.3. The van der Waals surface area contributed by atoms with Gasteiger partial charge in [0.15, 0.2) is 0 Å². The summed E-state index contributed by atoms with van der Waals surface area (Å²) in [6, 6.07) is 12.7. The van der Waals surface area contributed by atoms with Crippen molar-refractivity contribution >= 4 is 24.2 Å². The third-order valence-electron chi connectivity index (χ3n) is 5.17. The molecule has 0 aliphatic carbocycles. The highest BCUT2D eigenvalue weighted by Gasteiger charge is 2.51. The number of hydrogen-bond acceptors (Lipinski definition) is 2. The fraction of sp³-hybridized carbons (Fsp3) is 0.400. The van der Waals surface area contributed by atoms with Gasteiger partial charge in [0.2, 0.25) is 0 Å². The quantitative estimate of drug-likeness (QED) is 0.699. The molecular weight excluding hydrogens is 356 g/mol. The molecule has 0 aromatic heterocycles. The lowest BCUT2D eigenvalue weighted by atomic mass is 9.78. The molecule has 1 heterocycles. The molecule has 138 valence electrons. The average molecular weight is 379 g/mol. The van der Waals surface area contributed by atoms with Gasteiger partial charge < -0.3 is 9.31 Å². The normalized spacial score (nSPS) is 19.0. The molecule has 1 aliphatic heterocycles. The molecule has 0 saturated carbocycles. The van der Waals surface area contributed by atoms with Crippen LogP contribution >= 0.6 is 11.6 Å². The van der Waals surface area contributed by atoms with Crippen LogP contribution in [0.3, 0.4) is 0 Å². The Labute approximate surface area is 158 Å². The second kappa shape index (κ2) is 6.63. The van der Waals surface area contributed by atoms with Crippen molar-refractivity contribution in [2.24, 2.45) is 0 Å². The Bertz CT molecular complexity index is 775. The summed E-state index contributed by atoms with van der Waals surface area (Å²) in [4.78, 5) is 0. The first-order valence-electron chi connectivity index (χ1n) is 8.59. The lowest BCUT2D eigenvalue weighted by molar-refractivity contribution is -0.00380. The predicted molar refractivity (Wildman–Crippen MR) is 101 cm³/mol. The van der Waals surface area contributed by atoms with Crippen molar-refractivity contribution in [2.45, 2.75) is 51.2 Å². The van der Waals surface area contributed by atoms with E-state index in [1.165, 1.54) is 12.1 Å². The van der Waals surface area contributed by atoms with E-state index in [1.54, 1.807) is 36.4 Å². The van der Waals surface area contributed by atoms with Crippen LogP contribution in [-0.4, -0.2) is 18.3 Å². The highest BCUT2D eigenvalue weighted by Crippen LogP contribution is 2.37. The van der Waals surface area contributed by atoms with Gasteiger partial charge in [-0.25, -0.2) is 8.78 Å². The van der Waals surface area contributed by atoms with Crippen LogP contribution in [-0.2, 0) is 21.7 Å². The van der Waals surface area contributed by atoms with Gasteiger partial charge in [-0.3, -0.25) is 0 Å². The van der Waals surface area contributed by atoms with E-state index >= 15 is 0 Å². The van der Waals surface area contributed by atoms with E-state index in [0.29, 0.717) is 10.6 Å². The van der Waals surface area contributed by atoms with Crippen molar-refractivity contribution < 1.29 is 18.1 Å². The monoisotopic (exact) mass is 378 g/mol. The van der Waals surface area contributed by atoms with Crippen LogP contribution in [0, 0.1) is 0 Å². The first-order chi connectivity index (χ1) is 12.0. The number of benzene rings is 2. The molecule has 1 saturated heterocycles. The largest absolute Gasteiger partial charge is 0.494 e. The lowest BCUT2D eigenvalue weighted by Gasteiger charge is -2.32. The van der Waals surface area contributed by atoms with E-state index < -0.39 is 30.7 Å². The van der Waals surface area contributed by atoms with Crippen LogP contribution in [0.5, 0.6) is 0 Å². The van der Waals surface area contributed by atoms with Gasteiger partial charge in [0.05, 0.1) is 11.2 Å². The van der Waals surface area contributed by atoms with Crippen LogP contribution in [0.2, 0.25) is 5.02 Å². The maximum absolute atomic E-state index is 14.6. The summed E-state index contributed by atoms with van der Waals surface area (Å²) in [6.07, 6.45) is -0.399. The van der Waals surface area contributed by atoms with Crippen molar-refractivity contribution in [3.63, 3.8) is 0 Å². The number of alkyl halides is 2. The summed E-state index contributed by atoms with van der Waals surface area (Å²) in [5, 5.41) is 0.453. The fourth-order valence-corrected chi connectivity index (χ4v) is 3.08. The number of halogens is 3. The van der Waals surface area contributed by atoms with Crippen LogP contribution < -0.4 is 5.46 Å². The van der Waals surface area contributed by atoms with Crippen LogP contribution in [0.1, 0.15) is 38.8 Å². The minimum absolute atomic E-state index is 0.0438. The third-order valence-corrected chi connectivity index (χ3v) is 5.41. The Hall–Kier alpha value is -1.43. The molecule has 2 nitrogen and oxygen atoms in total. The van der Waals surface area contributed by atoms with Crippen LogP contribution in [0.15, 0.2) is 48.5 Å². The Morgan fingerprint density at radius 3 is 2.08 bits per heavy atom. The van der Waals surface area contributed by atoms with E-state index in [9.17, 15) is 8.78 Å². The zero-order chi connectivity index (χ0) is 19.2. The van der Waals surface area contributed by atoms with E-state index in [0.717, 1.165) is 5.46 Å². The van der Waals surface area contributed by atoms with Crippen molar-refractivity contribution in [1.29, 1.82) is 0 Å². The smallest absolute Gasteiger partial charge is 0.399 e. The molecule has 26 heavy (non-hydrogen) atoms. The minimum Gasteiger partial charge on any atom is -0.399 e.